The highest BCUT2D eigenvalue weighted by molar-refractivity contribution is 7.16. The summed E-state index contributed by atoms with van der Waals surface area (Å²) in [6, 6.07) is 0.445. The van der Waals surface area contributed by atoms with E-state index in [0.717, 1.165) is 23.9 Å². The number of nitrogens with zero attached hydrogens (tertiary/aromatic N) is 4. The maximum atomic E-state index is 12.7. The van der Waals surface area contributed by atoms with E-state index in [2.05, 4.69) is 20.6 Å². The van der Waals surface area contributed by atoms with Crippen LogP contribution in [-0.4, -0.2) is 32.4 Å². The molecule has 5 nitrogen and oxygen atoms in total. The summed E-state index contributed by atoms with van der Waals surface area (Å²) < 4.78 is 38.8. The van der Waals surface area contributed by atoms with Gasteiger partial charge in [0, 0.05) is 12.5 Å². The molecule has 1 N–H and O–H groups in total. The first-order chi connectivity index (χ1) is 9.54. The zero-order valence-electron chi connectivity index (χ0n) is 10.7. The Morgan fingerprint density at radius 3 is 2.85 bits per heavy atom. The van der Waals surface area contributed by atoms with Gasteiger partial charge >= 0.3 is 6.18 Å². The molecule has 9 heteroatoms. The molecule has 0 aromatic carbocycles. The van der Waals surface area contributed by atoms with E-state index in [9.17, 15) is 13.2 Å². The van der Waals surface area contributed by atoms with Crippen molar-refractivity contribution in [2.45, 2.75) is 44.3 Å². The molecule has 2 aromatic heterocycles. The lowest BCUT2D eigenvalue weighted by molar-refractivity contribution is -0.146. The topological polar surface area (TPSA) is 55.1 Å². The van der Waals surface area contributed by atoms with Gasteiger partial charge in [0.2, 0.25) is 4.96 Å². The highest BCUT2D eigenvalue weighted by Gasteiger charge is 2.38. The van der Waals surface area contributed by atoms with Crippen LogP contribution in [0.3, 0.4) is 0 Å². The lowest BCUT2D eigenvalue weighted by atomic mass is 10.0. The summed E-state index contributed by atoms with van der Waals surface area (Å²) >= 11 is 1.17. The van der Waals surface area contributed by atoms with Gasteiger partial charge < -0.3 is 5.32 Å². The summed E-state index contributed by atoms with van der Waals surface area (Å²) in [5.41, 5.74) is 0. The number of hydrogen-bond acceptors (Lipinski definition) is 5. The number of fused-ring (bicyclic) bond motifs is 1. The number of aryl methyl sites for hydroxylation is 1. The molecule has 0 aliphatic carbocycles. The summed E-state index contributed by atoms with van der Waals surface area (Å²) in [6.45, 7) is 1.02. The van der Waals surface area contributed by atoms with Crippen molar-refractivity contribution in [1.29, 1.82) is 0 Å². The molecule has 1 aliphatic heterocycles. The summed E-state index contributed by atoms with van der Waals surface area (Å²) in [5.74, 6) is -1.05. The molecule has 0 amide bonds. The molecule has 2 aromatic rings. The minimum atomic E-state index is -4.52. The Bertz CT molecular complexity index is 584. The van der Waals surface area contributed by atoms with E-state index in [1.807, 2.05) is 0 Å². The Hall–Kier alpha value is -1.22. The van der Waals surface area contributed by atoms with Crippen molar-refractivity contribution >= 4 is 16.3 Å². The summed E-state index contributed by atoms with van der Waals surface area (Å²) in [7, 11) is 0. The first-order valence-corrected chi connectivity index (χ1v) is 7.37. The predicted molar refractivity (Wildman–Crippen MR) is 67.6 cm³/mol. The van der Waals surface area contributed by atoms with Crippen LogP contribution in [0.5, 0.6) is 0 Å². The third kappa shape index (κ3) is 2.78. The molecule has 1 unspecified atom stereocenters. The largest absolute Gasteiger partial charge is 0.453 e. The molecule has 0 radical (unpaired) electrons. The highest BCUT2D eigenvalue weighted by Crippen LogP contribution is 2.29. The van der Waals surface area contributed by atoms with Crippen molar-refractivity contribution in [3.63, 3.8) is 0 Å². The smallest absolute Gasteiger partial charge is 0.314 e. The molecule has 110 valence electrons. The molecule has 0 spiro atoms. The van der Waals surface area contributed by atoms with Crippen LogP contribution in [0.15, 0.2) is 0 Å². The first kappa shape index (κ1) is 13.7. The standard InChI is InChI=1S/C11H14F3N5S/c12-11(13,14)9-16-17-10-19(9)18-8(20-10)5-4-7-3-1-2-6-15-7/h7,15H,1-6H2. The predicted octanol–water partition coefficient (Wildman–Crippen LogP) is 2.28. The molecule has 1 fully saturated rings. The second kappa shape index (κ2) is 5.28. The van der Waals surface area contributed by atoms with Gasteiger partial charge in [-0.05, 0) is 25.8 Å². The van der Waals surface area contributed by atoms with Gasteiger partial charge in [-0.3, -0.25) is 0 Å². The zero-order valence-corrected chi connectivity index (χ0v) is 11.5. The quantitative estimate of drug-likeness (QED) is 0.945. The maximum Gasteiger partial charge on any atom is 0.453 e. The Kier molecular flexibility index (Phi) is 3.63. The molecule has 1 saturated heterocycles. The molecule has 0 bridgehead atoms. The minimum absolute atomic E-state index is 0.198. The van der Waals surface area contributed by atoms with E-state index in [1.165, 1.54) is 24.2 Å². The van der Waals surface area contributed by atoms with Gasteiger partial charge in [0.15, 0.2) is 0 Å². The van der Waals surface area contributed by atoms with E-state index < -0.39 is 12.0 Å². The van der Waals surface area contributed by atoms with Gasteiger partial charge in [0.25, 0.3) is 5.82 Å². The highest BCUT2D eigenvalue weighted by atomic mass is 32.1. The van der Waals surface area contributed by atoms with E-state index in [-0.39, 0.29) is 4.96 Å². The molecule has 20 heavy (non-hydrogen) atoms. The van der Waals surface area contributed by atoms with Crippen LogP contribution in [-0.2, 0) is 12.6 Å². The molecular weight excluding hydrogens is 291 g/mol. The second-order valence-electron chi connectivity index (χ2n) is 4.90. The maximum absolute atomic E-state index is 12.7. The van der Waals surface area contributed by atoms with Crippen LogP contribution in [0.25, 0.3) is 4.96 Å². The molecule has 3 heterocycles. The Balaban J connectivity index is 1.71. The van der Waals surface area contributed by atoms with Gasteiger partial charge in [-0.2, -0.15) is 22.8 Å². The number of hydrogen-bond donors (Lipinski definition) is 1. The lowest BCUT2D eigenvalue weighted by Gasteiger charge is -2.22. The van der Waals surface area contributed by atoms with Crippen LogP contribution < -0.4 is 5.32 Å². The van der Waals surface area contributed by atoms with Crippen molar-refractivity contribution in [3.8, 4) is 0 Å². The molecular formula is C11H14F3N5S. The number of rotatable bonds is 3. The molecule has 1 aliphatic rings. The van der Waals surface area contributed by atoms with E-state index in [4.69, 9.17) is 0 Å². The molecule has 1 atom stereocenters. The van der Waals surface area contributed by atoms with Crippen LogP contribution in [0.1, 0.15) is 36.5 Å². The first-order valence-electron chi connectivity index (χ1n) is 6.56. The van der Waals surface area contributed by atoms with Gasteiger partial charge in [-0.1, -0.05) is 17.8 Å². The van der Waals surface area contributed by atoms with E-state index in [1.54, 1.807) is 0 Å². The van der Waals surface area contributed by atoms with Crippen molar-refractivity contribution in [1.82, 2.24) is 25.1 Å². The fraction of sp³-hybridized carbons (Fsp3) is 0.727. The third-order valence-electron chi connectivity index (χ3n) is 3.41. The summed E-state index contributed by atoms with van der Waals surface area (Å²) in [5, 5.41) is 14.7. The van der Waals surface area contributed by atoms with Crippen LogP contribution in [0.2, 0.25) is 0 Å². The Labute approximate surface area is 117 Å². The molecule has 3 rings (SSSR count). The van der Waals surface area contributed by atoms with Crippen LogP contribution >= 0.6 is 11.3 Å². The Morgan fingerprint density at radius 1 is 1.30 bits per heavy atom. The monoisotopic (exact) mass is 305 g/mol. The van der Waals surface area contributed by atoms with Gasteiger partial charge in [-0.15, -0.1) is 10.2 Å². The fourth-order valence-electron chi connectivity index (χ4n) is 2.40. The number of halogens is 3. The van der Waals surface area contributed by atoms with E-state index >= 15 is 0 Å². The second-order valence-corrected chi connectivity index (χ2v) is 5.94. The van der Waals surface area contributed by atoms with Crippen molar-refractivity contribution < 1.29 is 13.2 Å². The van der Waals surface area contributed by atoms with Crippen LogP contribution in [0, 0.1) is 0 Å². The third-order valence-corrected chi connectivity index (χ3v) is 4.36. The fourth-order valence-corrected chi connectivity index (χ4v) is 3.25. The Morgan fingerprint density at radius 2 is 2.15 bits per heavy atom. The number of piperidine rings is 1. The SMILES string of the molecule is FC(F)(F)c1nnc2sc(CCC3CCCCN3)nn12. The lowest BCUT2D eigenvalue weighted by Crippen LogP contribution is -2.34. The number of alkyl halides is 3. The average molecular weight is 305 g/mol. The van der Waals surface area contributed by atoms with Gasteiger partial charge in [0.05, 0.1) is 0 Å². The van der Waals surface area contributed by atoms with E-state index in [0.29, 0.717) is 17.5 Å². The number of nitrogens with one attached hydrogen (secondary N) is 1. The van der Waals surface area contributed by atoms with Crippen molar-refractivity contribution in [3.05, 3.63) is 10.8 Å². The summed E-state index contributed by atoms with van der Waals surface area (Å²) in [4.78, 5) is 0.198. The summed E-state index contributed by atoms with van der Waals surface area (Å²) in [6.07, 6.45) is 0.575. The minimum Gasteiger partial charge on any atom is -0.314 e. The normalized spacial score (nSPS) is 20.6. The van der Waals surface area contributed by atoms with Gasteiger partial charge in [0.1, 0.15) is 5.01 Å². The van der Waals surface area contributed by atoms with Crippen molar-refractivity contribution in [2.75, 3.05) is 6.54 Å². The van der Waals surface area contributed by atoms with Crippen molar-refractivity contribution in [2.24, 2.45) is 0 Å². The number of aromatic nitrogens is 4. The van der Waals surface area contributed by atoms with Crippen LogP contribution in [0.4, 0.5) is 13.2 Å². The average Bonchev–Trinajstić information content (AvgIpc) is 2.95. The zero-order chi connectivity index (χ0) is 14.2. The van der Waals surface area contributed by atoms with Gasteiger partial charge in [-0.25, -0.2) is 0 Å². The molecule has 0 saturated carbocycles.